The summed E-state index contributed by atoms with van der Waals surface area (Å²) in [6.45, 7) is 4.99. The summed E-state index contributed by atoms with van der Waals surface area (Å²) in [6.07, 6.45) is 4.71. The third kappa shape index (κ3) is 5.64. The van der Waals surface area contributed by atoms with Crippen molar-refractivity contribution < 1.29 is 9.59 Å². The largest absolute Gasteiger partial charge is 0.354 e. The molecule has 2 saturated heterocycles. The third-order valence-electron chi connectivity index (χ3n) is 5.50. The van der Waals surface area contributed by atoms with E-state index in [0.29, 0.717) is 6.54 Å². The number of amides is 3. The number of nitrogens with one attached hydrogen (secondary N) is 3. The highest BCUT2D eigenvalue weighted by molar-refractivity contribution is 8.01. The standard InChI is InChI=1S/C21H32N4O2S/c1-2-3-12-23-20(27)25-14-10-21(11-15-25)24-18(16-28-21)19(26)22-13-9-17-7-5-4-6-8-17/h4-8,18,24H,2-3,9-16H2,1H3,(H,22,26)(H,23,27). The molecule has 0 saturated carbocycles. The Morgan fingerprint density at radius 2 is 1.93 bits per heavy atom. The summed E-state index contributed by atoms with van der Waals surface area (Å²) < 4.78 is 0. The van der Waals surface area contributed by atoms with Crippen LogP contribution in [0.3, 0.4) is 0 Å². The number of unbranched alkanes of at least 4 members (excludes halogenated alkanes) is 1. The van der Waals surface area contributed by atoms with Gasteiger partial charge in [-0.25, -0.2) is 4.79 Å². The molecule has 2 aliphatic heterocycles. The van der Waals surface area contributed by atoms with Gasteiger partial charge in [0.1, 0.15) is 0 Å². The van der Waals surface area contributed by atoms with Gasteiger partial charge >= 0.3 is 6.03 Å². The SMILES string of the molecule is CCCCNC(=O)N1CCC2(CC1)NC(C(=O)NCCc1ccccc1)CS2. The summed E-state index contributed by atoms with van der Waals surface area (Å²) in [6, 6.07) is 10.1. The molecule has 0 aromatic heterocycles. The number of hydrogen-bond acceptors (Lipinski definition) is 4. The van der Waals surface area contributed by atoms with Crippen molar-refractivity contribution in [3.8, 4) is 0 Å². The summed E-state index contributed by atoms with van der Waals surface area (Å²) in [5.74, 6) is 0.875. The van der Waals surface area contributed by atoms with Gasteiger partial charge in [-0.2, -0.15) is 0 Å². The minimum atomic E-state index is -0.147. The van der Waals surface area contributed by atoms with E-state index in [-0.39, 0.29) is 22.9 Å². The van der Waals surface area contributed by atoms with E-state index in [1.807, 2.05) is 34.9 Å². The highest BCUT2D eigenvalue weighted by Crippen LogP contribution is 2.39. The zero-order valence-corrected chi connectivity index (χ0v) is 17.5. The molecule has 2 fully saturated rings. The molecule has 3 amide bonds. The van der Waals surface area contributed by atoms with Crippen LogP contribution in [0.4, 0.5) is 4.79 Å². The first-order valence-corrected chi connectivity index (χ1v) is 11.4. The van der Waals surface area contributed by atoms with Crippen molar-refractivity contribution >= 4 is 23.7 Å². The number of nitrogens with zero attached hydrogens (tertiary/aromatic N) is 1. The number of carbonyl (C=O) groups is 2. The summed E-state index contributed by atoms with van der Waals surface area (Å²) in [4.78, 5) is 26.6. The molecule has 28 heavy (non-hydrogen) atoms. The molecule has 7 heteroatoms. The fourth-order valence-electron chi connectivity index (χ4n) is 3.73. The molecule has 2 aliphatic rings. The van der Waals surface area contributed by atoms with Gasteiger partial charge in [0.15, 0.2) is 0 Å². The van der Waals surface area contributed by atoms with Crippen LogP contribution in [0.1, 0.15) is 38.2 Å². The van der Waals surface area contributed by atoms with Crippen molar-refractivity contribution in [3.05, 3.63) is 35.9 Å². The molecule has 1 spiro atoms. The minimum absolute atomic E-state index is 0.0431. The second-order valence-corrected chi connectivity index (χ2v) is 9.00. The number of hydrogen-bond donors (Lipinski definition) is 3. The van der Waals surface area contributed by atoms with Gasteiger partial charge < -0.3 is 15.5 Å². The number of rotatable bonds is 7. The predicted molar refractivity (Wildman–Crippen MR) is 114 cm³/mol. The van der Waals surface area contributed by atoms with Gasteiger partial charge in [-0.05, 0) is 31.2 Å². The van der Waals surface area contributed by atoms with Crippen molar-refractivity contribution in [1.82, 2.24) is 20.9 Å². The van der Waals surface area contributed by atoms with Gasteiger partial charge in [0, 0.05) is 31.9 Å². The maximum absolute atomic E-state index is 12.5. The molecule has 0 radical (unpaired) electrons. The molecule has 1 atom stereocenters. The van der Waals surface area contributed by atoms with E-state index >= 15 is 0 Å². The van der Waals surface area contributed by atoms with Gasteiger partial charge in [0.25, 0.3) is 0 Å². The molecule has 1 aromatic rings. The highest BCUT2D eigenvalue weighted by atomic mass is 32.2. The molecule has 2 heterocycles. The van der Waals surface area contributed by atoms with Crippen molar-refractivity contribution in [2.24, 2.45) is 0 Å². The predicted octanol–water partition coefficient (Wildman–Crippen LogP) is 2.35. The van der Waals surface area contributed by atoms with Gasteiger partial charge in [0.2, 0.25) is 5.91 Å². The average Bonchev–Trinajstić information content (AvgIpc) is 3.13. The number of urea groups is 1. The van der Waals surface area contributed by atoms with E-state index in [9.17, 15) is 9.59 Å². The van der Waals surface area contributed by atoms with Crippen LogP contribution in [0, 0.1) is 0 Å². The summed E-state index contributed by atoms with van der Waals surface area (Å²) in [7, 11) is 0. The Bertz CT molecular complexity index is 647. The third-order valence-corrected chi connectivity index (χ3v) is 7.08. The van der Waals surface area contributed by atoms with Crippen LogP contribution < -0.4 is 16.0 Å². The lowest BCUT2D eigenvalue weighted by Crippen LogP contribution is -2.55. The molecule has 6 nitrogen and oxygen atoms in total. The van der Waals surface area contributed by atoms with E-state index in [1.165, 1.54) is 5.56 Å². The van der Waals surface area contributed by atoms with Crippen molar-refractivity contribution in [2.75, 3.05) is 31.9 Å². The lowest BCUT2D eigenvalue weighted by Gasteiger charge is -2.39. The molecule has 3 rings (SSSR count). The highest BCUT2D eigenvalue weighted by Gasteiger charge is 2.44. The van der Waals surface area contributed by atoms with Crippen LogP contribution in [-0.2, 0) is 11.2 Å². The molecular weight excluding hydrogens is 372 g/mol. The van der Waals surface area contributed by atoms with E-state index in [1.54, 1.807) is 0 Å². The van der Waals surface area contributed by atoms with Gasteiger partial charge in [0.05, 0.1) is 10.9 Å². The van der Waals surface area contributed by atoms with Crippen LogP contribution in [0.25, 0.3) is 0 Å². The maximum atomic E-state index is 12.5. The lowest BCUT2D eigenvalue weighted by molar-refractivity contribution is -0.122. The Hall–Kier alpha value is -1.73. The minimum Gasteiger partial charge on any atom is -0.354 e. The first kappa shape index (κ1) is 21.0. The zero-order valence-electron chi connectivity index (χ0n) is 16.7. The van der Waals surface area contributed by atoms with Crippen LogP contribution in [0.15, 0.2) is 30.3 Å². The van der Waals surface area contributed by atoms with E-state index in [2.05, 4.69) is 35.0 Å². The van der Waals surface area contributed by atoms with Crippen molar-refractivity contribution in [3.63, 3.8) is 0 Å². The monoisotopic (exact) mass is 404 g/mol. The zero-order chi connectivity index (χ0) is 19.8. The Morgan fingerprint density at radius 3 is 2.64 bits per heavy atom. The number of likely N-dealkylation sites (tertiary alicyclic amines) is 1. The Labute approximate surface area is 172 Å². The summed E-state index contributed by atoms with van der Waals surface area (Å²) >= 11 is 1.84. The van der Waals surface area contributed by atoms with Gasteiger partial charge in [-0.3, -0.25) is 10.1 Å². The fraction of sp³-hybridized carbons (Fsp3) is 0.619. The molecule has 1 unspecified atom stereocenters. The second-order valence-electron chi connectivity index (χ2n) is 7.60. The van der Waals surface area contributed by atoms with E-state index in [0.717, 1.165) is 57.5 Å². The van der Waals surface area contributed by atoms with Crippen molar-refractivity contribution in [1.29, 1.82) is 0 Å². The molecule has 3 N–H and O–H groups in total. The van der Waals surface area contributed by atoms with Crippen LogP contribution in [0.2, 0.25) is 0 Å². The normalized spacial score (nSPS) is 20.9. The second kappa shape index (κ2) is 10.2. The lowest BCUT2D eigenvalue weighted by atomic mass is 10.0. The van der Waals surface area contributed by atoms with Gasteiger partial charge in [-0.15, -0.1) is 11.8 Å². The smallest absolute Gasteiger partial charge is 0.317 e. The van der Waals surface area contributed by atoms with Crippen LogP contribution in [0.5, 0.6) is 0 Å². The first-order valence-electron chi connectivity index (χ1n) is 10.4. The molecule has 0 bridgehead atoms. The Balaban J connectivity index is 1.38. The molecule has 154 valence electrons. The number of benzene rings is 1. The Morgan fingerprint density at radius 1 is 1.18 bits per heavy atom. The van der Waals surface area contributed by atoms with Crippen LogP contribution >= 0.6 is 11.8 Å². The Kier molecular flexibility index (Phi) is 7.62. The maximum Gasteiger partial charge on any atom is 0.317 e. The molecular formula is C21H32N4O2S. The first-order chi connectivity index (χ1) is 13.6. The fourth-order valence-corrected chi connectivity index (χ4v) is 5.14. The number of piperidine rings is 1. The quantitative estimate of drug-likeness (QED) is 0.610. The van der Waals surface area contributed by atoms with Gasteiger partial charge in [-0.1, -0.05) is 43.7 Å². The van der Waals surface area contributed by atoms with E-state index in [4.69, 9.17) is 0 Å². The average molecular weight is 405 g/mol. The van der Waals surface area contributed by atoms with Crippen molar-refractivity contribution in [2.45, 2.75) is 49.9 Å². The number of carbonyl (C=O) groups excluding carboxylic acids is 2. The molecule has 0 aliphatic carbocycles. The summed E-state index contributed by atoms with van der Waals surface area (Å²) in [5, 5.41) is 9.61. The van der Waals surface area contributed by atoms with Crippen LogP contribution in [-0.4, -0.2) is 59.7 Å². The molecule has 1 aromatic carbocycles. The number of thioether (sulfide) groups is 1. The van der Waals surface area contributed by atoms with E-state index < -0.39 is 0 Å². The summed E-state index contributed by atoms with van der Waals surface area (Å²) in [5.41, 5.74) is 1.23. The topological polar surface area (TPSA) is 73.5 Å².